The van der Waals surface area contributed by atoms with Gasteiger partial charge in [0.1, 0.15) is 5.82 Å². The van der Waals surface area contributed by atoms with Crippen LogP contribution < -0.4 is 0 Å². The molecule has 0 bridgehead atoms. The normalized spacial score (nSPS) is 18.9. The molecule has 1 nitrogen and oxygen atoms in total. The van der Waals surface area contributed by atoms with E-state index in [1.165, 1.54) is 31.7 Å². The van der Waals surface area contributed by atoms with E-state index >= 15 is 0 Å². The van der Waals surface area contributed by atoms with Crippen LogP contribution in [0.2, 0.25) is 0 Å². The molecule has 0 aromatic heterocycles. The molecule has 16 heavy (non-hydrogen) atoms. The summed E-state index contributed by atoms with van der Waals surface area (Å²) in [5.41, 5.74) is 1.06. The van der Waals surface area contributed by atoms with E-state index in [2.05, 4.69) is 0 Å². The Hall–Kier alpha value is -0.890. The predicted octanol–water partition coefficient (Wildman–Crippen LogP) is 3.48. The van der Waals surface area contributed by atoms with E-state index in [0.29, 0.717) is 11.8 Å². The molecule has 1 atom stereocenters. The van der Waals surface area contributed by atoms with Crippen LogP contribution in [0.3, 0.4) is 0 Å². The zero-order valence-corrected chi connectivity index (χ0v) is 9.53. The summed E-state index contributed by atoms with van der Waals surface area (Å²) in [4.78, 5) is 0. The van der Waals surface area contributed by atoms with Crippen LogP contribution in [0.1, 0.15) is 43.6 Å². The average Bonchev–Trinajstić information content (AvgIpc) is 2.79. The van der Waals surface area contributed by atoms with Crippen LogP contribution in [-0.4, -0.2) is 11.7 Å². The highest BCUT2D eigenvalue weighted by molar-refractivity contribution is 5.21. The van der Waals surface area contributed by atoms with E-state index in [1.807, 2.05) is 6.07 Å². The largest absolute Gasteiger partial charge is 0.396 e. The first kappa shape index (κ1) is 11.6. The summed E-state index contributed by atoms with van der Waals surface area (Å²) in [5.74, 6) is 0.801. The Morgan fingerprint density at radius 2 is 2.06 bits per heavy atom. The van der Waals surface area contributed by atoms with Gasteiger partial charge in [-0.05, 0) is 48.8 Å². The minimum absolute atomic E-state index is 0.168. The van der Waals surface area contributed by atoms with Gasteiger partial charge in [0.05, 0.1) is 0 Å². The molecular formula is C14H19FO. The van der Waals surface area contributed by atoms with Gasteiger partial charge in [-0.25, -0.2) is 4.39 Å². The van der Waals surface area contributed by atoms with Gasteiger partial charge in [0.25, 0.3) is 0 Å². The quantitative estimate of drug-likeness (QED) is 0.827. The molecule has 88 valence electrons. The van der Waals surface area contributed by atoms with E-state index in [9.17, 15) is 4.39 Å². The lowest BCUT2D eigenvalue weighted by Crippen LogP contribution is -2.11. The highest BCUT2D eigenvalue weighted by Gasteiger charge is 2.25. The fourth-order valence-electron chi connectivity index (χ4n) is 2.91. The fourth-order valence-corrected chi connectivity index (χ4v) is 2.91. The van der Waals surface area contributed by atoms with Gasteiger partial charge in [0.15, 0.2) is 0 Å². The highest BCUT2D eigenvalue weighted by atomic mass is 19.1. The van der Waals surface area contributed by atoms with Crippen LogP contribution in [0.25, 0.3) is 0 Å². The first-order valence-corrected chi connectivity index (χ1v) is 6.17. The van der Waals surface area contributed by atoms with Gasteiger partial charge in [-0.15, -0.1) is 0 Å². The molecule has 1 aliphatic rings. The van der Waals surface area contributed by atoms with Crippen molar-refractivity contribution in [3.8, 4) is 0 Å². The molecule has 1 aliphatic carbocycles. The first-order chi connectivity index (χ1) is 7.81. The van der Waals surface area contributed by atoms with Crippen LogP contribution in [0.5, 0.6) is 0 Å². The molecule has 0 aliphatic heterocycles. The maximum atomic E-state index is 13.2. The van der Waals surface area contributed by atoms with Crippen molar-refractivity contribution in [1.29, 1.82) is 0 Å². The Labute approximate surface area is 96.3 Å². The topological polar surface area (TPSA) is 20.2 Å². The van der Waals surface area contributed by atoms with Crippen molar-refractivity contribution in [2.45, 2.75) is 38.0 Å². The molecule has 0 radical (unpaired) electrons. The van der Waals surface area contributed by atoms with Crippen LogP contribution in [0.15, 0.2) is 24.3 Å². The van der Waals surface area contributed by atoms with Gasteiger partial charge < -0.3 is 5.11 Å². The summed E-state index contributed by atoms with van der Waals surface area (Å²) in [6, 6.07) is 6.86. The molecule has 0 spiro atoms. The second kappa shape index (κ2) is 5.44. The molecule has 2 heteroatoms. The molecule has 0 saturated heterocycles. The first-order valence-electron chi connectivity index (χ1n) is 6.17. The van der Waals surface area contributed by atoms with Crippen molar-refractivity contribution in [3.05, 3.63) is 35.6 Å². The summed E-state index contributed by atoms with van der Waals surface area (Å²) in [6.07, 6.45) is 5.76. The Bertz CT molecular complexity index is 331. The van der Waals surface area contributed by atoms with Crippen LogP contribution in [0, 0.1) is 11.7 Å². The minimum atomic E-state index is -0.168. The molecule has 1 fully saturated rings. The van der Waals surface area contributed by atoms with Gasteiger partial charge in [-0.2, -0.15) is 0 Å². The maximum Gasteiger partial charge on any atom is 0.123 e. The maximum absolute atomic E-state index is 13.2. The van der Waals surface area contributed by atoms with Crippen LogP contribution in [-0.2, 0) is 0 Å². The van der Waals surface area contributed by atoms with Gasteiger partial charge in [-0.1, -0.05) is 25.0 Å². The smallest absolute Gasteiger partial charge is 0.123 e. The summed E-state index contributed by atoms with van der Waals surface area (Å²) >= 11 is 0. The summed E-state index contributed by atoms with van der Waals surface area (Å²) in [7, 11) is 0. The van der Waals surface area contributed by atoms with Crippen molar-refractivity contribution >= 4 is 0 Å². The number of halogens is 1. The lowest BCUT2D eigenvalue weighted by atomic mass is 9.83. The number of hydrogen-bond donors (Lipinski definition) is 1. The zero-order valence-electron chi connectivity index (χ0n) is 9.53. The molecule has 1 aromatic rings. The minimum Gasteiger partial charge on any atom is -0.396 e. The third-order valence-electron chi connectivity index (χ3n) is 3.69. The number of aliphatic hydroxyl groups excluding tert-OH is 1. The van der Waals surface area contributed by atoms with E-state index in [0.717, 1.165) is 12.0 Å². The standard InChI is InChI=1S/C14H19FO/c15-13-7-3-6-12(10-13)14(8-9-16)11-4-1-2-5-11/h3,6-7,10-11,14,16H,1-2,4-5,8-9H2. The second-order valence-electron chi connectivity index (χ2n) is 4.72. The second-order valence-corrected chi connectivity index (χ2v) is 4.72. The molecule has 1 unspecified atom stereocenters. The number of rotatable bonds is 4. The summed E-state index contributed by atoms with van der Waals surface area (Å²) in [6.45, 7) is 0.192. The number of aliphatic hydroxyl groups is 1. The van der Waals surface area contributed by atoms with Gasteiger partial charge in [0.2, 0.25) is 0 Å². The Morgan fingerprint density at radius 1 is 1.31 bits per heavy atom. The Balaban J connectivity index is 2.17. The van der Waals surface area contributed by atoms with Crippen LogP contribution >= 0.6 is 0 Å². The molecule has 1 saturated carbocycles. The summed E-state index contributed by atoms with van der Waals surface area (Å²) in [5, 5.41) is 9.13. The van der Waals surface area contributed by atoms with Crippen molar-refractivity contribution in [2.75, 3.05) is 6.61 Å². The van der Waals surface area contributed by atoms with E-state index in [-0.39, 0.29) is 12.4 Å². The third-order valence-corrected chi connectivity index (χ3v) is 3.69. The zero-order chi connectivity index (χ0) is 11.4. The van der Waals surface area contributed by atoms with E-state index in [1.54, 1.807) is 12.1 Å². The molecule has 0 heterocycles. The average molecular weight is 222 g/mol. The Morgan fingerprint density at radius 3 is 2.69 bits per heavy atom. The lowest BCUT2D eigenvalue weighted by Gasteiger charge is -2.23. The van der Waals surface area contributed by atoms with Gasteiger partial charge in [-0.3, -0.25) is 0 Å². The SMILES string of the molecule is OCCC(c1cccc(F)c1)C1CCCC1. The summed E-state index contributed by atoms with van der Waals surface area (Å²) < 4.78 is 13.2. The molecule has 1 aromatic carbocycles. The van der Waals surface area contributed by atoms with Crippen LogP contribution in [0.4, 0.5) is 4.39 Å². The molecular weight excluding hydrogens is 203 g/mol. The van der Waals surface area contributed by atoms with E-state index in [4.69, 9.17) is 5.11 Å². The Kier molecular flexibility index (Phi) is 3.94. The number of benzene rings is 1. The van der Waals surface area contributed by atoms with Crippen molar-refractivity contribution < 1.29 is 9.50 Å². The highest BCUT2D eigenvalue weighted by Crippen LogP contribution is 2.39. The van der Waals surface area contributed by atoms with E-state index < -0.39 is 0 Å². The molecule has 1 N–H and O–H groups in total. The predicted molar refractivity (Wildman–Crippen MR) is 62.8 cm³/mol. The van der Waals surface area contributed by atoms with Crippen molar-refractivity contribution in [1.82, 2.24) is 0 Å². The van der Waals surface area contributed by atoms with Gasteiger partial charge in [0, 0.05) is 6.61 Å². The molecule has 2 rings (SSSR count). The van der Waals surface area contributed by atoms with Crippen molar-refractivity contribution in [3.63, 3.8) is 0 Å². The van der Waals surface area contributed by atoms with Gasteiger partial charge >= 0.3 is 0 Å². The van der Waals surface area contributed by atoms with Crippen molar-refractivity contribution in [2.24, 2.45) is 5.92 Å². The molecule has 0 amide bonds. The fraction of sp³-hybridized carbons (Fsp3) is 0.571. The number of hydrogen-bond acceptors (Lipinski definition) is 1. The lowest BCUT2D eigenvalue weighted by molar-refractivity contribution is 0.254. The monoisotopic (exact) mass is 222 g/mol. The third kappa shape index (κ3) is 2.62.